The highest BCUT2D eigenvalue weighted by Gasteiger charge is 2.25. The van der Waals surface area contributed by atoms with Crippen LogP contribution < -0.4 is 5.56 Å². The fraction of sp³-hybridized carbons (Fsp3) is 0.333. The minimum atomic E-state index is -0.341. The molecule has 7 nitrogen and oxygen atoms in total. The number of benzene rings is 1. The maximum absolute atomic E-state index is 13.0. The third kappa shape index (κ3) is 4.10. The van der Waals surface area contributed by atoms with Crippen LogP contribution in [0.15, 0.2) is 57.9 Å². The molecule has 1 aromatic carbocycles. The van der Waals surface area contributed by atoms with Crippen molar-refractivity contribution in [3.8, 4) is 11.5 Å². The van der Waals surface area contributed by atoms with Crippen LogP contribution in [0, 0.1) is 12.8 Å². The Kier molecular flexibility index (Phi) is 5.61. The highest BCUT2D eigenvalue weighted by atomic mass is 32.1. The zero-order chi connectivity index (χ0) is 22.1. The van der Waals surface area contributed by atoms with Crippen molar-refractivity contribution in [1.29, 1.82) is 0 Å². The molecule has 1 aliphatic heterocycles. The van der Waals surface area contributed by atoms with Gasteiger partial charge in [0.1, 0.15) is 12.2 Å². The van der Waals surface area contributed by atoms with E-state index in [1.54, 1.807) is 18.4 Å². The summed E-state index contributed by atoms with van der Waals surface area (Å²) in [5.41, 5.74) is 1.88. The van der Waals surface area contributed by atoms with Gasteiger partial charge in [-0.05, 0) is 49.8 Å². The normalized spacial score (nSPS) is 14.8. The molecule has 0 N–H and O–H groups in total. The van der Waals surface area contributed by atoms with Gasteiger partial charge >= 0.3 is 0 Å². The van der Waals surface area contributed by atoms with Gasteiger partial charge in [0.25, 0.3) is 5.56 Å². The molecule has 0 spiro atoms. The second-order valence-electron chi connectivity index (χ2n) is 8.21. The number of furan rings is 1. The number of aromatic nitrogens is 3. The lowest BCUT2D eigenvalue weighted by Crippen LogP contribution is -2.42. The molecular formula is C24H24N4O3S. The van der Waals surface area contributed by atoms with Gasteiger partial charge in [0, 0.05) is 13.1 Å². The molecule has 8 heteroatoms. The van der Waals surface area contributed by atoms with Crippen LogP contribution in [0.3, 0.4) is 0 Å². The summed E-state index contributed by atoms with van der Waals surface area (Å²) in [5.74, 6) is 1.04. The van der Waals surface area contributed by atoms with Crippen LogP contribution >= 0.6 is 11.3 Å². The molecule has 0 atom stereocenters. The molecular weight excluding hydrogens is 424 g/mol. The molecule has 0 unspecified atom stereocenters. The number of hydrogen-bond acceptors (Lipinski definition) is 6. The molecule has 1 fully saturated rings. The van der Waals surface area contributed by atoms with E-state index in [1.165, 1.54) is 21.6 Å². The lowest BCUT2D eigenvalue weighted by atomic mass is 9.90. The van der Waals surface area contributed by atoms with Gasteiger partial charge < -0.3 is 9.32 Å². The van der Waals surface area contributed by atoms with E-state index in [2.05, 4.69) is 34.3 Å². The molecule has 1 aliphatic rings. The van der Waals surface area contributed by atoms with Crippen LogP contribution in [0.25, 0.3) is 21.7 Å². The summed E-state index contributed by atoms with van der Waals surface area (Å²) in [7, 11) is 0. The van der Waals surface area contributed by atoms with Crippen LogP contribution in [-0.4, -0.2) is 38.7 Å². The van der Waals surface area contributed by atoms with Gasteiger partial charge in [-0.3, -0.25) is 9.59 Å². The number of thiazole rings is 1. The molecule has 4 heterocycles. The van der Waals surface area contributed by atoms with E-state index in [9.17, 15) is 9.59 Å². The zero-order valence-corrected chi connectivity index (χ0v) is 18.7. The van der Waals surface area contributed by atoms with Gasteiger partial charge in [0.15, 0.2) is 11.3 Å². The number of carbonyl (C=O) groups excluding carboxylic acids is 1. The van der Waals surface area contributed by atoms with Gasteiger partial charge in [0.2, 0.25) is 5.91 Å². The average molecular weight is 449 g/mol. The van der Waals surface area contributed by atoms with Crippen molar-refractivity contribution in [2.45, 2.75) is 32.7 Å². The van der Waals surface area contributed by atoms with Crippen molar-refractivity contribution in [3.63, 3.8) is 0 Å². The van der Waals surface area contributed by atoms with Crippen molar-refractivity contribution >= 4 is 27.5 Å². The Morgan fingerprint density at radius 3 is 2.66 bits per heavy atom. The quantitative estimate of drug-likeness (QED) is 0.463. The fourth-order valence-corrected chi connectivity index (χ4v) is 5.21. The number of nitrogens with zero attached hydrogens (tertiary/aromatic N) is 4. The van der Waals surface area contributed by atoms with Crippen LogP contribution in [0.2, 0.25) is 0 Å². The smallest absolute Gasteiger partial charge is 0.294 e. The summed E-state index contributed by atoms with van der Waals surface area (Å²) >= 11 is 1.41. The van der Waals surface area contributed by atoms with Crippen molar-refractivity contribution in [2.75, 3.05) is 13.1 Å². The molecule has 3 aromatic heterocycles. The Labute approximate surface area is 189 Å². The number of aryl methyl sites for hydroxylation is 1. The number of hydrogen-bond donors (Lipinski definition) is 0. The Morgan fingerprint density at radius 1 is 1.16 bits per heavy atom. The van der Waals surface area contributed by atoms with E-state index in [1.807, 2.05) is 17.9 Å². The topological polar surface area (TPSA) is 81.2 Å². The first kappa shape index (κ1) is 20.6. The molecule has 164 valence electrons. The molecule has 1 saturated heterocycles. The van der Waals surface area contributed by atoms with Crippen LogP contribution in [0.5, 0.6) is 0 Å². The first-order valence-electron chi connectivity index (χ1n) is 10.8. The van der Waals surface area contributed by atoms with E-state index in [-0.39, 0.29) is 18.0 Å². The number of likely N-dealkylation sites (tertiary alicyclic amines) is 1. The number of amides is 1. The van der Waals surface area contributed by atoms with Crippen LogP contribution in [0.4, 0.5) is 0 Å². The van der Waals surface area contributed by atoms with Gasteiger partial charge in [-0.1, -0.05) is 30.3 Å². The molecule has 0 aliphatic carbocycles. The zero-order valence-electron chi connectivity index (χ0n) is 17.9. The minimum Gasteiger partial charge on any atom is -0.463 e. The number of carbonyl (C=O) groups is 1. The fourth-order valence-electron chi connectivity index (χ4n) is 4.31. The summed E-state index contributed by atoms with van der Waals surface area (Å²) in [6, 6.07) is 14.0. The second-order valence-corrected chi connectivity index (χ2v) is 9.42. The maximum atomic E-state index is 13.0. The SMILES string of the molecule is Cc1nc2c(=O)n(CC(=O)N3CCC(Cc4ccccc4)CC3)nc(-c3ccco3)c2s1. The minimum absolute atomic E-state index is 0.0885. The lowest BCUT2D eigenvalue weighted by molar-refractivity contribution is -0.133. The number of rotatable bonds is 5. The van der Waals surface area contributed by atoms with E-state index in [4.69, 9.17) is 4.42 Å². The van der Waals surface area contributed by atoms with E-state index in [0.29, 0.717) is 40.7 Å². The highest BCUT2D eigenvalue weighted by molar-refractivity contribution is 7.19. The third-order valence-corrected chi connectivity index (χ3v) is 6.96. The largest absolute Gasteiger partial charge is 0.463 e. The average Bonchev–Trinajstić information content (AvgIpc) is 3.47. The maximum Gasteiger partial charge on any atom is 0.294 e. The van der Waals surface area contributed by atoms with Gasteiger partial charge in [0.05, 0.1) is 16.0 Å². The molecule has 1 amide bonds. The Balaban J connectivity index is 1.32. The summed E-state index contributed by atoms with van der Waals surface area (Å²) in [6.07, 6.45) is 4.53. The number of fused-ring (bicyclic) bond motifs is 1. The van der Waals surface area contributed by atoms with Gasteiger partial charge in [-0.15, -0.1) is 11.3 Å². The van der Waals surface area contributed by atoms with E-state index < -0.39 is 0 Å². The molecule has 32 heavy (non-hydrogen) atoms. The van der Waals surface area contributed by atoms with Crippen molar-refractivity contribution in [1.82, 2.24) is 19.7 Å². The first-order chi connectivity index (χ1) is 15.6. The van der Waals surface area contributed by atoms with E-state index >= 15 is 0 Å². The molecule has 0 radical (unpaired) electrons. The monoisotopic (exact) mass is 448 g/mol. The van der Waals surface area contributed by atoms with E-state index in [0.717, 1.165) is 24.3 Å². The second kappa shape index (κ2) is 8.70. The van der Waals surface area contributed by atoms with Gasteiger partial charge in [-0.25, -0.2) is 9.67 Å². The van der Waals surface area contributed by atoms with Crippen molar-refractivity contribution < 1.29 is 9.21 Å². The molecule has 5 rings (SSSR count). The van der Waals surface area contributed by atoms with Crippen LogP contribution in [-0.2, 0) is 17.8 Å². The number of piperidine rings is 1. The molecule has 0 saturated carbocycles. The summed E-state index contributed by atoms with van der Waals surface area (Å²) in [6.45, 7) is 3.16. The Morgan fingerprint density at radius 2 is 1.94 bits per heavy atom. The Hall–Kier alpha value is -3.26. The van der Waals surface area contributed by atoms with Crippen molar-refractivity contribution in [2.24, 2.45) is 5.92 Å². The van der Waals surface area contributed by atoms with Crippen LogP contribution in [0.1, 0.15) is 23.4 Å². The highest BCUT2D eigenvalue weighted by Crippen LogP contribution is 2.29. The Bertz CT molecular complexity index is 1290. The van der Waals surface area contributed by atoms with Crippen molar-refractivity contribution in [3.05, 3.63) is 69.7 Å². The van der Waals surface area contributed by atoms with Gasteiger partial charge in [-0.2, -0.15) is 5.10 Å². The summed E-state index contributed by atoms with van der Waals surface area (Å²) in [4.78, 5) is 32.2. The lowest BCUT2D eigenvalue weighted by Gasteiger charge is -2.32. The molecule has 4 aromatic rings. The predicted octanol–water partition coefficient (Wildman–Crippen LogP) is 3.90. The first-order valence-corrected chi connectivity index (χ1v) is 11.6. The molecule has 0 bridgehead atoms. The third-order valence-electron chi connectivity index (χ3n) is 5.98. The predicted molar refractivity (Wildman–Crippen MR) is 124 cm³/mol. The summed E-state index contributed by atoms with van der Waals surface area (Å²) in [5, 5.41) is 5.27. The summed E-state index contributed by atoms with van der Waals surface area (Å²) < 4.78 is 7.44. The standard InChI is InChI=1S/C24H24N4O3S/c1-16-25-22-23(32-16)21(19-8-5-13-31-19)26-28(24(22)30)15-20(29)27-11-9-18(10-12-27)14-17-6-3-2-4-7-17/h2-8,13,18H,9-12,14-15H2,1H3.